The molecular formula is C20H24N10O13P2S2. The predicted octanol–water partition coefficient (Wildman–Crippen LogP) is -2.23. The highest BCUT2D eigenvalue weighted by atomic mass is 32.1. The lowest BCUT2D eigenvalue weighted by Gasteiger charge is -2.20. The van der Waals surface area contributed by atoms with Gasteiger partial charge in [0.2, 0.25) is 11.9 Å². The third kappa shape index (κ3) is 7.57. The number of imidazole rings is 1. The van der Waals surface area contributed by atoms with E-state index < -0.39 is 70.6 Å². The Kier molecular flexibility index (Phi) is 9.92. The van der Waals surface area contributed by atoms with Crippen molar-refractivity contribution in [2.24, 2.45) is 0 Å². The summed E-state index contributed by atoms with van der Waals surface area (Å²) in [6.07, 6.45) is -5.91. The second kappa shape index (κ2) is 13.3. The number of anilines is 2. The predicted molar refractivity (Wildman–Crippen MR) is 164 cm³/mol. The molecule has 7 atom stereocenters. The number of hydrogen-bond donors (Lipinski definition) is 11. The highest BCUT2D eigenvalue weighted by Gasteiger charge is 2.46. The third-order valence-electron chi connectivity index (χ3n) is 6.30. The monoisotopic (exact) mass is 738 g/mol. The summed E-state index contributed by atoms with van der Waals surface area (Å²) in [5.74, 6) is -0.463. The minimum absolute atomic E-state index is 0.0578. The van der Waals surface area contributed by atoms with E-state index in [1.807, 2.05) is 0 Å². The Morgan fingerprint density at radius 1 is 1.00 bits per heavy atom. The zero-order valence-electron chi connectivity index (χ0n) is 23.1. The zero-order chi connectivity index (χ0) is 34.4. The number of phosphoric ester groups is 2. The van der Waals surface area contributed by atoms with Gasteiger partial charge in [-0.1, -0.05) is 0 Å². The minimum Gasteiger partial charge on any atom is -0.387 e. The van der Waals surface area contributed by atoms with Gasteiger partial charge < -0.3 is 41.3 Å². The topological polar surface area (TPSA) is 359 Å². The molecule has 27 heteroatoms. The number of hydrogen-bond acceptors (Lipinski definition) is 20. The lowest BCUT2D eigenvalue weighted by Crippen LogP contribution is -2.33. The maximum Gasteiger partial charge on any atom is 0.481 e. The van der Waals surface area contributed by atoms with Crippen molar-refractivity contribution >= 4 is 80.0 Å². The fourth-order valence-electron chi connectivity index (χ4n) is 4.15. The summed E-state index contributed by atoms with van der Waals surface area (Å²) in [6.45, 7) is -1.99. The molecule has 3 unspecified atom stereocenters. The highest BCUT2D eigenvalue weighted by Crippen LogP contribution is 2.60. The summed E-state index contributed by atoms with van der Waals surface area (Å²) in [5, 5.41) is 31.3. The van der Waals surface area contributed by atoms with Crippen LogP contribution in [0.3, 0.4) is 0 Å². The van der Waals surface area contributed by atoms with Gasteiger partial charge in [0.25, 0.3) is 11.1 Å². The second-order valence-electron chi connectivity index (χ2n) is 9.56. The Morgan fingerprint density at radius 3 is 2.34 bits per heavy atom. The number of phosphoric acid groups is 2. The number of fused-ring (bicyclic) bond motifs is 2. The second-order valence-corrected chi connectivity index (χ2v) is 13.5. The van der Waals surface area contributed by atoms with Crippen molar-refractivity contribution < 1.29 is 52.3 Å². The molecule has 4 aromatic heterocycles. The van der Waals surface area contributed by atoms with Crippen LogP contribution in [0.4, 0.5) is 11.9 Å². The van der Waals surface area contributed by atoms with Crippen LogP contribution in [0.15, 0.2) is 27.0 Å². The number of rotatable bonds is 11. The number of nitrogen functional groups attached to an aromatic ring is 2. The van der Waals surface area contributed by atoms with Crippen LogP contribution in [0.2, 0.25) is 0 Å². The van der Waals surface area contributed by atoms with Crippen LogP contribution in [0.1, 0.15) is 11.9 Å². The van der Waals surface area contributed by atoms with Gasteiger partial charge in [-0.25, -0.2) is 24.1 Å². The lowest BCUT2D eigenvalue weighted by atomic mass is 10.1. The molecule has 11 N–H and O–H groups in total. The first-order chi connectivity index (χ1) is 22.0. The molecule has 5 rings (SSSR count). The molecule has 1 fully saturated rings. The minimum atomic E-state index is -5.42. The summed E-state index contributed by atoms with van der Waals surface area (Å²) in [5.41, 5.74) is 9.01. The van der Waals surface area contributed by atoms with E-state index in [1.54, 1.807) is 0 Å². The van der Waals surface area contributed by atoms with Gasteiger partial charge >= 0.3 is 15.6 Å². The number of aromatic amines is 2. The van der Waals surface area contributed by atoms with Gasteiger partial charge in [0.15, 0.2) is 28.6 Å². The lowest BCUT2D eigenvalue weighted by molar-refractivity contribution is -0.0504. The van der Waals surface area contributed by atoms with Gasteiger partial charge in [-0.05, 0) is 0 Å². The van der Waals surface area contributed by atoms with E-state index in [4.69, 9.17) is 16.2 Å². The van der Waals surface area contributed by atoms with Gasteiger partial charge in [0.1, 0.15) is 24.4 Å². The first-order valence-corrected chi connectivity index (χ1v) is 16.6. The van der Waals surface area contributed by atoms with Crippen molar-refractivity contribution in [3.8, 4) is 0 Å². The maximum atomic E-state index is 12.4. The summed E-state index contributed by atoms with van der Waals surface area (Å²) >= 11 is 8.28. The highest BCUT2D eigenvalue weighted by molar-refractivity contribution is 7.93. The average Bonchev–Trinajstić information content (AvgIpc) is 3.53. The summed E-state index contributed by atoms with van der Waals surface area (Å²) in [4.78, 5) is 67.8. The Balaban J connectivity index is 1.19. The molecule has 0 saturated carbocycles. The van der Waals surface area contributed by atoms with Crippen molar-refractivity contribution in [1.82, 2.24) is 39.5 Å². The normalized spacial score (nSPS) is 23.8. The molecule has 0 aliphatic carbocycles. The molecule has 23 nitrogen and oxygen atoms in total. The maximum absolute atomic E-state index is 12.4. The van der Waals surface area contributed by atoms with Crippen LogP contribution < -0.4 is 22.6 Å². The first kappa shape index (κ1) is 35.0. The molecule has 4 aromatic rings. The number of nitrogens with zero attached hydrogens (tertiary/aromatic N) is 6. The average molecular weight is 739 g/mol. The molecule has 0 radical (unpaired) electrons. The fraction of sp³-hybridized carbons (Fsp3) is 0.350. The Bertz CT molecular complexity index is 2090. The molecule has 1 saturated heterocycles. The van der Waals surface area contributed by atoms with Crippen molar-refractivity contribution in [3.05, 3.63) is 43.8 Å². The summed E-state index contributed by atoms with van der Waals surface area (Å²) in [6, 6.07) is 0. The van der Waals surface area contributed by atoms with E-state index in [-0.39, 0.29) is 49.7 Å². The molecule has 0 bridgehead atoms. The van der Waals surface area contributed by atoms with E-state index in [0.717, 1.165) is 17.1 Å². The van der Waals surface area contributed by atoms with Crippen LogP contribution in [-0.4, -0.2) is 102 Å². The van der Waals surface area contributed by atoms with Gasteiger partial charge in [0, 0.05) is 9.81 Å². The van der Waals surface area contributed by atoms with Crippen LogP contribution >= 0.6 is 40.9 Å². The van der Waals surface area contributed by atoms with E-state index in [0.29, 0.717) is 0 Å². The Labute approximate surface area is 270 Å². The Morgan fingerprint density at radius 2 is 1.64 bits per heavy atom. The van der Waals surface area contributed by atoms with E-state index >= 15 is 0 Å². The largest absolute Gasteiger partial charge is 0.481 e. The number of H-pyrrole nitrogens is 2. The molecular weight excluding hydrogens is 714 g/mol. The number of aliphatic hydroxyl groups excluding tert-OH is 3. The van der Waals surface area contributed by atoms with E-state index in [1.165, 1.54) is 0 Å². The molecule has 47 heavy (non-hydrogen) atoms. The van der Waals surface area contributed by atoms with Gasteiger partial charge in [-0.15, -0.1) is 25.3 Å². The molecule has 0 amide bonds. The van der Waals surface area contributed by atoms with Crippen molar-refractivity contribution in [3.63, 3.8) is 0 Å². The number of aromatic nitrogens is 8. The van der Waals surface area contributed by atoms with E-state index in [2.05, 4.69) is 73.5 Å². The van der Waals surface area contributed by atoms with Gasteiger partial charge in [-0.2, -0.15) is 14.3 Å². The SMILES string of the molecule is Nc1nc2ncc(/C(S)=C(\S)C(O)COP(=O)(O)OP(=O)(O)OC[C@H]3O[C@@H](n4cnc5c(=O)[nH]c(N)nc54)[C@H](O)[C@@H]3O)nc2c(=O)[nH]1. The van der Waals surface area contributed by atoms with Gasteiger partial charge in [-0.3, -0.25) is 33.2 Å². The Hall–Kier alpha value is -3.29. The number of nitrogens with one attached hydrogen (secondary N) is 2. The number of thiol groups is 2. The molecule has 1 aliphatic heterocycles. The van der Waals surface area contributed by atoms with Crippen molar-refractivity contribution in [2.75, 3.05) is 24.7 Å². The molecule has 0 aromatic carbocycles. The molecule has 1 aliphatic rings. The standard InChI is InChI=1S/C20H24N10O13P2S2/c21-19-26-14-8(16(34)28-19)25-5(1-23-14)12(46)13(47)6(31)2-40-44(36,37)43-45(38,39)41-3-7-10(32)11(33)18(42-7)30-4-24-9-15(30)27-20(22)29-17(9)35/h1,4,6-7,10-11,18,31-33,46-47H,2-3H2,(H,36,37)(H,38,39)(H3,22,27,29,35)(H3,21,23,26,28,34)/b13-12+/t6?,7-,10-,11-,18-/m1/s1. The number of ether oxygens (including phenoxy) is 1. The summed E-state index contributed by atoms with van der Waals surface area (Å²) < 4.78 is 44.9. The van der Waals surface area contributed by atoms with Gasteiger partial charge in [0.05, 0.1) is 31.4 Å². The molecule has 0 spiro atoms. The van der Waals surface area contributed by atoms with Crippen LogP contribution in [0.5, 0.6) is 0 Å². The zero-order valence-corrected chi connectivity index (χ0v) is 26.7. The van der Waals surface area contributed by atoms with Crippen molar-refractivity contribution in [1.29, 1.82) is 0 Å². The smallest absolute Gasteiger partial charge is 0.387 e. The molecule has 5 heterocycles. The van der Waals surface area contributed by atoms with Crippen LogP contribution in [0, 0.1) is 0 Å². The first-order valence-electron chi connectivity index (χ1n) is 12.7. The van der Waals surface area contributed by atoms with Crippen LogP contribution in [-0.2, 0) is 27.2 Å². The fourth-order valence-corrected chi connectivity index (χ4v) is 6.68. The van der Waals surface area contributed by atoms with E-state index in [9.17, 15) is 43.8 Å². The molecule has 254 valence electrons. The van der Waals surface area contributed by atoms with Crippen molar-refractivity contribution in [2.45, 2.75) is 30.6 Å². The van der Waals surface area contributed by atoms with Crippen LogP contribution in [0.25, 0.3) is 27.2 Å². The summed E-state index contributed by atoms with van der Waals surface area (Å²) in [7, 11) is -10.8. The number of aliphatic hydroxyl groups is 3. The third-order valence-corrected chi connectivity index (χ3v) is 10.1. The number of nitrogens with two attached hydrogens (primary N) is 2. The quantitative estimate of drug-likeness (QED) is 0.0572.